The molecule has 0 radical (unpaired) electrons. The van der Waals surface area contributed by atoms with Crippen LogP contribution in [-0.2, 0) is 0 Å². The fraction of sp³-hybridized carbons (Fsp3) is 1.00. The first-order valence-electron chi connectivity index (χ1n) is 6.59. The molecule has 0 aromatic heterocycles. The van der Waals surface area contributed by atoms with Crippen molar-refractivity contribution >= 4 is 0 Å². The molecule has 0 aromatic carbocycles. The van der Waals surface area contributed by atoms with Gasteiger partial charge in [-0.25, -0.2) is 0 Å². The molecule has 0 aliphatic carbocycles. The zero-order chi connectivity index (χ0) is 12.8. The molecule has 2 heteroatoms. The number of nitrogens with two attached hydrogens (primary N) is 1. The molecule has 0 saturated heterocycles. The average molecular weight is 228 g/mol. The zero-order valence-electron chi connectivity index (χ0n) is 12.2. The number of hydrogen-bond donors (Lipinski definition) is 2. The van der Waals surface area contributed by atoms with E-state index in [2.05, 4.69) is 46.9 Å². The highest BCUT2D eigenvalue weighted by atomic mass is 14.9. The van der Waals surface area contributed by atoms with E-state index in [0.717, 1.165) is 32.0 Å². The largest absolute Gasteiger partial charge is 0.330 e. The third-order valence-electron chi connectivity index (χ3n) is 3.10. The summed E-state index contributed by atoms with van der Waals surface area (Å²) in [5.41, 5.74) is 6.39. The van der Waals surface area contributed by atoms with Crippen LogP contribution in [0.2, 0.25) is 0 Å². The molecular weight excluding hydrogens is 196 g/mol. The Morgan fingerprint density at radius 2 is 1.62 bits per heavy atom. The fourth-order valence-corrected chi connectivity index (χ4v) is 2.13. The van der Waals surface area contributed by atoms with E-state index >= 15 is 0 Å². The van der Waals surface area contributed by atoms with E-state index in [0.29, 0.717) is 5.41 Å². The summed E-state index contributed by atoms with van der Waals surface area (Å²) in [4.78, 5) is 0. The van der Waals surface area contributed by atoms with Crippen LogP contribution >= 0.6 is 0 Å². The van der Waals surface area contributed by atoms with Crippen molar-refractivity contribution in [3.05, 3.63) is 0 Å². The van der Waals surface area contributed by atoms with E-state index in [4.69, 9.17) is 5.73 Å². The highest BCUT2D eigenvalue weighted by Gasteiger charge is 2.20. The fourth-order valence-electron chi connectivity index (χ4n) is 2.13. The van der Waals surface area contributed by atoms with Gasteiger partial charge < -0.3 is 11.1 Å². The number of nitrogens with one attached hydrogen (secondary N) is 1. The summed E-state index contributed by atoms with van der Waals surface area (Å²) in [6.45, 7) is 16.7. The zero-order valence-corrected chi connectivity index (χ0v) is 12.2. The first-order valence-corrected chi connectivity index (χ1v) is 6.59. The van der Waals surface area contributed by atoms with E-state index < -0.39 is 0 Å². The van der Waals surface area contributed by atoms with Gasteiger partial charge >= 0.3 is 0 Å². The molecule has 2 nitrogen and oxygen atoms in total. The molecule has 98 valence electrons. The normalized spacial score (nSPS) is 13.5. The van der Waals surface area contributed by atoms with Gasteiger partial charge in [0.1, 0.15) is 0 Å². The quantitative estimate of drug-likeness (QED) is 0.627. The Morgan fingerprint density at radius 1 is 1.06 bits per heavy atom. The Kier molecular flexibility index (Phi) is 6.57. The minimum absolute atomic E-state index is 0.273. The van der Waals surface area contributed by atoms with Crippen LogP contribution < -0.4 is 11.1 Å². The highest BCUT2D eigenvalue weighted by molar-refractivity contribution is 4.75. The minimum Gasteiger partial charge on any atom is -0.330 e. The molecule has 0 aliphatic heterocycles. The molecular formula is C14H32N2. The first kappa shape index (κ1) is 15.9. The van der Waals surface area contributed by atoms with Crippen molar-refractivity contribution in [2.75, 3.05) is 19.6 Å². The lowest BCUT2D eigenvalue weighted by molar-refractivity contribution is 0.262. The SMILES string of the molecule is CC(C)CC(C)(C)CNCCC(C)(C)CN. The van der Waals surface area contributed by atoms with Crippen LogP contribution in [0.25, 0.3) is 0 Å². The van der Waals surface area contributed by atoms with Crippen LogP contribution in [0.1, 0.15) is 54.4 Å². The molecule has 0 aromatic rings. The van der Waals surface area contributed by atoms with Crippen molar-refractivity contribution in [2.24, 2.45) is 22.5 Å². The van der Waals surface area contributed by atoms with E-state index in [1.165, 1.54) is 6.42 Å². The molecule has 0 saturated carbocycles. The van der Waals surface area contributed by atoms with Crippen molar-refractivity contribution < 1.29 is 0 Å². The molecule has 0 rings (SSSR count). The van der Waals surface area contributed by atoms with Gasteiger partial charge in [-0.2, -0.15) is 0 Å². The van der Waals surface area contributed by atoms with E-state index in [9.17, 15) is 0 Å². The van der Waals surface area contributed by atoms with E-state index in [-0.39, 0.29) is 5.41 Å². The van der Waals surface area contributed by atoms with Crippen molar-refractivity contribution in [3.63, 3.8) is 0 Å². The predicted molar refractivity (Wildman–Crippen MR) is 73.6 cm³/mol. The molecule has 0 unspecified atom stereocenters. The smallest absolute Gasteiger partial charge is 0.000262 e. The lowest BCUT2D eigenvalue weighted by atomic mass is 9.83. The van der Waals surface area contributed by atoms with Gasteiger partial charge in [0.2, 0.25) is 0 Å². The molecule has 0 bridgehead atoms. The summed E-state index contributed by atoms with van der Waals surface area (Å²) in [7, 11) is 0. The van der Waals surface area contributed by atoms with Gasteiger partial charge in [0.25, 0.3) is 0 Å². The summed E-state index contributed by atoms with van der Waals surface area (Å²) in [5.74, 6) is 0.775. The lowest BCUT2D eigenvalue weighted by Crippen LogP contribution is -2.34. The third-order valence-corrected chi connectivity index (χ3v) is 3.10. The Hall–Kier alpha value is -0.0800. The van der Waals surface area contributed by atoms with Crippen molar-refractivity contribution in [1.82, 2.24) is 5.32 Å². The molecule has 0 atom stereocenters. The Labute approximate surface area is 102 Å². The summed E-state index contributed by atoms with van der Waals surface area (Å²) >= 11 is 0. The van der Waals surface area contributed by atoms with Gasteiger partial charge in [0.15, 0.2) is 0 Å². The monoisotopic (exact) mass is 228 g/mol. The van der Waals surface area contributed by atoms with Gasteiger partial charge in [0.05, 0.1) is 0 Å². The highest BCUT2D eigenvalue weighted by Crippen LogP contribution is 2.24. The van der Waals surface area contributed by atoms with Crippen LogP contribution in [0.3, 0.4) is 0 Å². The van der Waals surface area contributed by atoms with Crippen LogP contribution in [0.15, 0.2) is 0 Å². The molecule has 16 heavy (non-hydrogen) atoms. The first-order chi connectivity index (χ1) is 7.18. The van der Waals surface area contributed by atoms with Crippen LogP contribution in [0.5, 0.6) is 0 Å². The molecule has 0 heterocycles. The van der Waals surface area contributed by atoms with Crippen molar-refractivity contribution in [2.45, 2.75) is 54.4 Å². The summed E-state index contributed by atoms with van der Waals surface area (Å²) in [6.07, 6.45) is 2.43. The Morgan fingerprint density at radius 3 is 2.06 bits per heavy atom. The van der Waals surface area contributed by atoms with Crippen molar-refractivity contribution in [1.29, 1.82) is 0 Å². The number of rotatable bonds is 8. The standard InChI is InChI=1S/C14H32N2/c1-12(2)9-14(5,6)11-16-8-7-13(3,4)10-15/h12,16H,7-11,15H2,1-6H3. The Bertz CT molecular complexity index is 183. The van der Waals surface area contributed by atoms with Gasteiger partial charge in [-0.3, -0.25) is 0 Å². The summed E-state index contributed by atoms with van der Waals surface area (Å²) in [5, 5.41) is 3.57. The maximum absolute atomic E-state index is 5.71. The minimum atomic E-state index is 0.273. The topological polar surface area (TPSA) is 38.0 Å². The van der Waals surface area contributed by atoms with Gasteiger partial charge in [0, 0.05) is 6.54 Å². The molecule has 0 amide bonds. The van der Waals surface area contributed by atoms with Gasteiger partial charge in [-0.1, -0.05) is 41.5 Å². The number of hydrogen-bond acceptors (Lipinski definition) is 2. The van der Waals surface area contributed by atoms with Gasteiger partial charge in [-0.05, 0) is 42.7 Å². The maximum atomic E-state index is 5.71. The molecule has 3 N–H and O–H groups in total. The van der Waals surface area contributed by atoms with Crippen LogP contribution in [-0.4, -0.2) is 19.6 Å². The summed E-state index contributed by atoms with van der Waals surface area (Å²) in [6, 6.07) is 0. The second-order valence-electron chi connectivity index (χ2n) is 7.06. The molecule has 0 fully saturated rings. The second kappa shape index (κ2) is 6.61. The molecule has 0 spiro atoms. The molecule has 0 aliphatic rings. The lowest BCUT2D eigenvalue weighted by Gasteiger charge is -2.28. The summed E-state index contributed by atoms with van der Waals surface area (Å²) < 4.78 is 0. The van der Waals surface area contributed by atoms with E-state index in [1.54, 1.807) is 0 Å². The van der Waals surface area contributed by atoms with Crippen molar-refractivity contribution in [3.8, 4) is 0 Å². The van der Waals surface area contributed by atoms with Crippen LogP contribution in [0.4, 0.5) is 0 Å². The maximum Gasteiger partial charge on any atom is 0.000262 e. The average Bonchev–Trinajstić information content (AvgIpc) is 2.11. The van der Waals surface area contributed by atoms with E-state index in [1.807, 2.05) is 0 Å². The third kappa shape index (κ3) is 8.12. The second-order valence-corrected chi connectivity index (χ2v) is 7.06. The van der Waals surface area contributed by atoms with Gasteiger partial charge in [-0.15, -0.1) is 0 Å². The Balaban J connectivity index is 3.73. The van der Waals surface area contributed by atoms with Crippen LogP contribution in [0, 0.1) is 16.7 Å². The predicted octanol–water partition coefficient (Wildman–Crippen LogP) is 3.02.